The van der Waals surface area contributed by atoms with Crippen molar-refractivity contribution in [1.29, 1.82) is 0 Å². The number of hydrogen-bond acceptors (Lipinski definition) is 7. The highest BCUT2D eigenvalue weighted by molar-refractivity contribution is 9.10. The monoisotopic (exact) mass is 442 g/mol. The van der Waals surface area contributed by atoms with E-state index in [1.54, 1.807) is 6.08 Å². The number of benzene rings is 1. The molecule has 144 valence electrons. The van der Waals surface area contributed by atoms with Crippen molar-refractivity contribution in [3.05, 3.63) is 46.8 Å². The Bertz CT molecular complexity index is 828. The second-order valence-electron chi connectivity index (χ2n) is 4.86. The van der Waals surface area contributed by atoms with Crippen LogP contribution < -0.4 is 20.9 Å². The first-order valence-corrected chi connectivity index (χ1v) is 8.36. The number of carbonyl (C=O) groups excluding carboxylic acids is 1. The second-order valence-corrected chi connectivity index (χ2v) is 5.72. The number of carbonyl (C=O) groups is 1. The summed E-state index contributed by atoms with van der Waals surface area (Å²) < 4.78 is 23.5. The third-order valence-corrected chi connectivity index (χ3v) is 3.57. The summed E-state index contributed by atoms with van der Waals surface area (Å²) in [5, 5.41) is 21.6. The second kappa shape index (κ2) is 10.2. The van der Waals surface area contributed by atoms with Crippen LogP contribution in [0.4, 0.5) is 14.9 Å². The molecule has 0 aliphatic heterocycles. The zero-order chi connectivity index (χ0) is 19.6. The molecule has 4 N–H and O–H groups in total. The molecule has 2 aromatic rings. The molecule has 0 fully saturated rings. The normalized spacial score (nSPS) is 11.0. The van der Waals surface area contributed by atoms with E-state index >= 15 is 0 Å². The maximum Gasteiger partial charge on any atom is 0.315 e. The van der Waals surface area contributed by atoms with Gasteiger partial charge in [0.1, 0.15) is 12.4 Å². The molecule has 0 aliphatic rings. The lowest BCUT2D eigenvalue weighted by molar-refractivity contribution is 0.232. The predicted octanol–water partition coefficient (Wildman–Crippen LogP) is 1.89. The number of urea groups is 1. The maximum atomic E-state index is 13.3. The Labute approximate surface area is 161 Å². The van der Waals surface area contributed by atoms with Crippen LogP contribution in [0, 0.1) is 5.82 Å². The van der Waals surface area contributed by atoms with E-state index in [-0.39, 0.29) is 41.1 Å². The molecule has 2 amide bonds. The lowest BCUT2D eigenvalue weighted by atomic mass is 10.3. The highest BCUT2D eigenvalue weighted by Crippen LogP contribution is 2.23. The van der Waals surface area contributed by atoms with Crippen LogP contribution >= 0.6 is 15.9 Å². The zero-order valence-electron chi connectivity index (χ0n) is 13.9. The molecule has 0 bridgehead atoms. The van der Waals surface area contributed by atoms with Gasteiger partial charge in [-0.15, -0.1) is 6.58 Å². The molecule has 0 saturated heterocycles. The van der Waals surface area contributed by atoms with Crippen molar-refractivity contribution in [2.75, 3.05) is 19.7 Å². The van der Waals surface area contributed by atoms with Gasteiger partial charge in [-0.05, 0) is 44.4 Å². The lowest BCUT2D eigenvalue weighted by Gasteiger charge is -2.07. The molecule has 0 unspecified atom stereocenters. The molecular weight excluding hydrogens is 427 g/mol. The van der Waals surface area contributed by atoms with Gasteiger partial charge in [0.05, 0.1) is 16.7 Å². The van der Waals surface area contributed by atoms with Gasteiger partial charge in [0.25, 0.3) is 5.88 Å². The fourth-order valence-corrected chi connectivity index (χ4v) is 2.14. The number of ether oxygens (including phenoxy) is 1. The lowest BCUT2D eigenvalue weighted by Crippen LogP contribution is -2.37. The number of aromatic nitrogens is 2. The first kappa shape index (κ1) is 20.3. The molecule has 1 aromatic carbocycles. The van der Waals surface area contributed by atoms with E-state index in [1.807, 2.05) is 5.48 Å². The standard InChI is InChI=1S/C15H16BrFN6O4/c1-2-5-18-15(24)19-6-7-26-14-12(22-27-23-14)13(21-25)20-9-3-4-11(17)10(16)8-9/h2-4,8,25H,1,5-7H2,(H,20,21)(H2,18,19,24). The Balaban J connectivity index is 2.01. The molecule has 27 heavy (non-hydrogen) atoms. The van der Waals surface area contributed by atoms with Crippen LogP contribution in [-0.4, -0.2) is 47.1 Å². The predicted molar refractivity (Wildman–Crippen MR) is 96.6 cm³/mol. The number of amidine groups is 1. The van der Waals surface area contributed by atoms with E-state index in [0.29, 0.717) is 12.2 Å². The van der Waals surface area contributed by atoms with Gasteiger partial charge < -0.3 is 15.4 Å². The SMILES string of the molecule is C=CCNC(=O)NCCOc1nonc1C(=Nc1ccc(F)c(Br)c1)NO. The molecule has 0 aliphatic carbocycles. The third-order valence-electron chi connectivity index (χ3n) is 2.97. The summed E-state index contributed by atoms with van der Waals surface area (Å²) in [6.07, 6.45) is 1.55. The summed E-state index contributed by atoms with van der Waals surface area (Å²) in [7, 11) is 0. The Morgan fingerprint density at radius 2 is 2.26 bits per heavy atom. The van der Waals surface area contributed by atoms with Crippen LogP contribution in [-0.2, 0) is 0 Å². The average Bonchev–Trinajstić information content (AvgIpc) is 3.12. The summed E-state index contributed by atoms with van der Waals surface area (Å²) in [6.45, 7) is 4.06. The highest BCUT2D eigenvalue weighted by atomic mass is 79.9. The first-order chi connectivity index (χ1) is 13.0. The van der Waals surface area contributed by atoms with Crippen molar-refractivity contribution >= 4 is 33.5 Å². The van der Waals surface area contributed by atoms with Crippen molar-refractivity contribution < 1.29 is 23.8 Å². The van der Waals surface area contributed by atoms with Gasteiger partial charge >= 0.3 is 6.03 Å². The molecule has 0 radical (unpaired) electrons. The van der Waals surface area contributed by atoms with Crippen molar-refractivity contribution in [3.8, 4) is 5.88 Å². The molecular formula is C15H16BrFN6O4. The van der Waals surface area contributed by atoms with Gasteiger partial charge in [0.15, 0.2) is 5.84 Å². The first-order valence-electron chi connectivity index (χ1n) is 7.57. The minimum Gasteiger partial charge on any atom is -0.472 e. The smallest absolute Gasteiger partial charge is 0.315 e. The number of nitrogens with zero attached hydrogens (tertiary/aromatic N) is 3. The quantitative estimate of drug-likeness (QED) is 0.161. The maximum absolute atomic E-state index is 13.3. The minimum absolute atomic E-state index is 0.00550. The molecule has 1 aromatic heterocycles. The summed E-state index contributed by atoms with van der Waals surface area (Å²) in [5.74, 6) is -0.629. The van der Waals surface area contributed by atoms with Gasteiger partial charge in [0.2, 0.25) is 5.69 Å². The fourth-order valence-electron chi connectivity index (χ4n) is 1.77. The summed E-state index contributed by atoms with van der Waals surface area (Å²) >= 11 is 3.05. The number of amides is 2. The number of hydroxylamine groups is 1. The Kier molecular flexibility index (Phi) is 7.70. The van der Waals surface area contributed by atoms with Crippen LogP contribution in [0.1, 0.15) is 5.69 Å². The molecule has 2 rings (SSSR count). The molecule has 1 heterocycles. The average molecular weight is 443 g/mol. The Morgan fingerprint density at radius 1 is 1.44 bits per heavy atom. The van der Waals surface area contributed by atoms with Crippen LogP contribution in [0.2, 0.25) is 0 Å². The largest absolute Gasteiger partial charge is 0.472 e. The Hall–Kier alpha value is -2.99. The van der Waals surface area contributed by atoms with Crippen LogP contribution in [0.5, 0.6) is 5.88 Å². The van der Waals surface area contributed by atoms with E-state index in [1.165, 1.54) is 18.2 Å². The number of aliphatic imine (C=N–C) groups is 1. The van der Waals surface area contributed by atoms with E-state index in [0.717, 1.165) is 0 Å². The van der Waals surface area contributed by atoms with Crippen molar-refractivity contribution in [2.45, 2.75) is 0 Å². The Morgan fingerprint density at radius 3 is 2.96 bits per heavy atom. The third kappa shape index (κ3) is 6.04. The molecule has 12 heteroatoms. The number of rotatable bonds is 8. The van der Waals surface area contributed by atoms with Crippen LogP contribution in [0.25, 0.3) is 0 Å². The number of halogens is 2. The van der Waals surface area contributed by atoms with Crippen molar-refractivity contribution in [3.63, 3.8) is 0 Å². The van der Waals surface area contributed by atoms with E-state index in [9.17, 15) is 14.4 Å². The van der Waals surface area contributed by atoms with E-state index in [2.05, 4.69) is 53.1 Å². The van der Waals surface area contributed by atoms with Crippen LogP contribution in [0.3, 0.4) is 0 Å². The number of hydrogen-bond donors (Lipinski definition) is 4. The van der Waals surface area contributed by atoms with Crippen molar-refractivity contribution in [1.82, 2.24) is 26.4 Å². The molecule has 0 spiro atoms. The van der Waals surface area contributed by atoms with E-state index < -0.39 is 5.82 Å². The number of nitrogens with one attached hydrogen (secondary N) is 3. The molecule has 0 atom stereocenters. The van der Waals surface area contributed by atoms with Gasteiger partial charge in [-0.25, -0.2) is 18.8 Å². The van der Waals surface area contributed by atoms with Gasteiger partial charge in [-0.2, -0.15) is 0 Å². The summed E-state index contributed by atoms with van der Waals surface area (Å²) in [6, 6.07) is 3.64. The summed E-state index contributed by atoms with van der Waals surface area (Å²) in [5.41, 5.74) is 2.19. The fraction of sp³-hybridized carbons (Fsp3) is 0.200. The van der Waals surface area contributed by atoms with Crippen molar-refractivity contribution in [2.24, 2.45) is 4.99 Å². The zero-order valence-corrected chi connectivity index (χ0v) is 15.5. The minimum atomic E-state index is -0.454. The summed E-state index contributed by atoms with van der Waals surface area (Å²) in [4.78, 5) is 15.5. The van der Waals surface area contributed by atoms with Gasteiger partial charge in [-0.1, -0.05) is 6.08 Å². The van der Waals surface area contributed by atoms with E-state index in [4.69, 9.17) is 4.74 Å². The molecule has 10 nitrogen and oxygen atoms in total. The highest BCUT2D eigenvalue weighted by Gasteiger charge is 2.18. The molecule has 0 saturated carbocycles. The van der Waals surface area contributed by atoms with Gasteiger partial charge in [0, 0.05) is 6.54 Å². The van der Waals surface area contributed by atoms with Gasteiger partial charge in [-0.3, -0.25) is 10.7 Å². The topological polar surface area (TPSA) is 134 Å². The van der Waals surface area contributed by atoms with Crippen LogP contribution in [0.15, 0.2) is 44.9 Å².